The average molecular weight is 315 g/mol. The lowest BCUT2D eigenvalue weighted by atomic mass is 10.2. The molecule has 3 rings (SSSR count). The molecule has 0 unspecified atom stereocenters. The molecule has 0 aliphatic carbocycles. The highest BCUT2D eigenvalue weighted by molar-refractivity contribution is 7.71. The first-order valence-electron chi connectivity index (χ1n) is 5.52. The molecule has 3 aromatic rings. The molecule has 20 heavy (non-hydrogen) atoms. The molecule has 7 heteroatoms. The zero-order valence-corrected chi connectivity index (χ0v) is 11.3. The van der Waals surface area contributed by atoms with Gasteiger partial charge in [-0.1, -0.05) is 11.6 Å². The first-order chi connectivity index (χ1) is 9.47. The van der Waals surface area contributed by atoms with E-state index >= 15 is 0 Å². The third kappa shape index (κ3) is 2.01. The Kier molecular flexibility index (Phi) is 3.07. The molecule has 0 aliphatic rings. The first-order valence-corrected chi connectivity index (χ1v) is 6.31. The van der Waals surface area contributed by atoms with Crippen LogP contribution in [0.4, 0.5) is 13.2 Å². The number of halogens is 4. The zero-order chi connectivity index (χ0) is 14.4. The van der Waals surface area contributed by atoms with Gasteiger partial charge >= 0.3 is 0 Å². The number of benzene rings is 2. The summed E-state index contributed by atoms with van der Waals surface area (Å²) in [5, 5.41) is 0.392. The van der Waals surface area contributed by atoms with Crippen molar-refractivity contribution in [3.63, 3.8) is 0 Å². The fourth-order valence-corrected chi connectivity index (χ4v) is 2.51. The van der Waals surface area contributed by atoms with Crippen LogP contribution in [0.2, 0.25) is 5.02 Å². The van der Waals surface area contributed by atoms with Gasteiger partial charge in [-0.3, -0.25) is 4.57 Å². The fraction of sp³-hybridized carbons (Fsp3) is 0. The summed E-state index contributed by atoms with van der Waals surface area (Å²) in [5.74, 6) is -3.08. The van der Waals surface area contributed by atoms with Crippen molar-refractivity contribution in [3.05, 3.63) is 57.6 Å². The number of imidazole rings is 1. The predicted molar refractivity (Wildman–Crippen MR) is 73.3 cm³/mol. The standard InChI is InChI=1S/C13H6ClF3N2S/c14-6-1-2-10-11(3-6)19(13(20)18-10)12-8(16)4-7(15)5-9(12)17/h1-5H,(H,18,20). The van der Waals surface area contributed by atoms with Gasteiger partial charge in [0.05, 0.1) is 11.0 Å². The maximum Gasteiger partial charge on any atom is 0.182 e. The topological polar surface area (TPSA) is 20.7 Å². The van der Waals surface area contributed by atoms with Crippen LogP contribution in [0.25, 0.3) is 16.7 Å². The number of rotatable bonds is 1. The van der Waals surface area contributed by atoms with Gasteiger partial charge < -0.3 is 4.98 Å². The SMILES string of the molecule is Fc1cc(F)c(-n2c(=S)[nH]c3ccc(Cl)cc32)c(F)c1. The lowest BCUT2D eigenvalue weighted by Gasteiger charge is -2.08. The quantitative estimate of drug-likeness (QED) is 0.642. The lowest BCUT2D eigenvalue weighted by molar-refractivity contribution is 0.535. The summed E-state index contributed by atoms with van der Waals surface area (Å²) in [6.07, 6.45) is 0. The van der Waals surface area contributed by atoms with E-state index in [1.807, 2.05) is 0 Å². The first kappa shape index (κ1) is 13.2. The van der Waals surface area contributed by atoms with Crippen LogP contribution in [0.3, 0.4) is 0 Å². The number of H-pyrrole nitrogens is 1. The summed E-state index contributed by atoms with van der Waals surface area (Å²) in [7, 11) is 0. The van der Waals surface area contributed by atoms with Crippen molar-refractivity contribution in [1.29, 1.82) is 0 Å². The van der Waals surface area contributed by atoms with E-state index in [4.69, 9.17) is 23.8 Å². The van der Waals surface area contributed by atoms with Crippen LogP contribution < -0.4 is 0 Å². The lowest BCUT2D eigenvalue weighted by Crippen LogP contribution is -2.02. The second kappa shape index (κ2) is 4.64. The van der Waals surface area contributed by atoms with Gasteiger partial charge in [-0.25, -0.2) is 13.2 Å². The molecule has 1 N–H and O–H groups in total. The molecule has 0 fully saturated rings. The summed E-state index contributed by atoms with van der Waals surface area (Å²) in [4.78, 5) is 2.81. The highest BCUT2D eigenvalue weighted by Crippen LogP contribution is 2.26. The Bertz CT molecular complexity index is 862. The molecule has 0 radical (unpaired) electrons. The van der Waals surface area contributed by atoms with E-state index in [1.54, 1.807) is 12.1 Å². The van der Waals surface area contributed by atoms with E-state index < -0.39 is 23.1 Å². The predicted octanol–water partition coefficient (Wildman–Crippen LogP) is 4.76. The molecule has 0 aliphatic heterocycles. The van der Waals surface area contributed by atoms with Gasteiger partial charge in [0.25, 0.3) is 0 Å². The highest BCUT2D eigenvalue weighted by Gasteiger charge is 2.17. The Morgan fingerprint density at radius 2 is 1.70 bits per heavy atom. The molecule has 0 spiro atoms. The molecule has 0 amide bonds. The maximum atomic E-state index is 13.9. The molecule has 102 valence electrons. The number of aromatic amines is 1. The van der Waals surface area contributed by atoms with E-state index in [9.17, 15) is 13.2 Å². The van der Waals surface area contributed by atoms with Crippen molar-refractivity contribution in [2.24, 2.45) is 0 Å². The normalized spacial score (nSPS) is 11.2. The Balaban J connectivity index is 2.44. The van der Waals surface area contributed by atoms with Gasteiger partial charge in [0, 0.05) is 17.2 Å². The minimum Gasteiger partial charge on any atom is -0.330 e. The van der Waals surface area contributed by atoms with Gasteiger partial charge in [-0.2, -0.15) is 0 Å². The van der Waals surface area contributed by atoms with Crippen molar-refractivity contribution in [3.8, 4) is 5.69 Å². The van der Waals surface area contributed by atoms with Crippen molar-refractivity contribution < 1.29 is 13.2 Å². The highest BCUT2D eigenvalue weighted by atomic mass is 35.5. The van der Waals surface area contributed by atoms with Gasteiger partial charge in [-0.05, 0) is 30.4 Å². The van der Waals surface area contributed by atoms with Crippen molar-refractivity contribution in [1.82, 2.24) is 9.55 Å². The molecule has 2 nitrogen and oxygen atoms in total. The minimum atomic E-state index is -1.04. The van der Waals surface area contributed by atoms with Gasteiger partial charge in [0.2, 0.25) is 0 Å². The Labute approximate surface area is 121 Å². The Hall–Kier alpha value is -1.79. The van der Waals surface area contributed by atoms with Gasteiger partial charge in [0.15, 0.2) is 16.4 Å². The minimum absolute atomic E-state index is 0.0895. The van der Waals surface area contributed by atoms with Crippen LogP contribution >= 0.6 is 23.8 Å². The van der Waals surface area contributed by atoms with Crippen molar-refractivity contribution in [2.45, 2.75) is 0 Å². The van der Waals surface area contributed by atoms with Gasteiger partial charge in [-0.15, -0.1) is 0 Å². The Morgan fingerprint density at radius 3 is 2.35 bits per heavy atom. The molecule has 1 aromatic heterocycles. The fourth-order valence-electron chi connectivity index (χ4n) is 2.05. The monoisotopic (exact) mass is 314 g/mol. The molecule has 0 atom stereocenters. The van der Waals surface area contributed by atoms with Crippen molar-refractivity contribution >= 4 is 34.9 Å². The summed E-state index contributed by atoms with van der Waals surface area (Å²) < 4.78 is 42.0. The van der Waals surface area contributed by atoms with Crippen LogP contribution in [0.15, 0.2) is 30.3 Å². The summed E-state index contributed by atoms with van der Waals surface area (Å²) in [6.45, 7) is 0. The van der Waals surface area contributed by atoms with Crippen LogP contribution in [0.1, 0.15) is 0 Å². The Morgan fingerprint density at radius 1 is 1.05 bits per heavy atom. The van der Waals surface area contributed by atoms with E-state index in [0.717, 1.165) is 4.57 Å². The smallest absolute Gasteiger partial charge is 0.182 e. The van der Waals surface area contributed by atoms with Crippen LogP contribution in [-0.2, 0) is 0 Å². The van der Waals surface area contributed by atoms with E-state index in [0.29, 0.717) is 28.2 Å². The molecular weight excluding hydrogens is 309 g/mol. The van der Waals surface area contributed by atoms with E-state index in [-0.39, 0.29) is 4.77 Å². The van der Waals surface area contributed by atoms with E-state index in [2.05, 4.69) is 4.98 Å². The van der Waals surface area contributed by atoms with Crippen LogP contribution in [0.5, 0.6) is 0 Å². The second-order valence-electron chi connectivity index (χ2n) is 4.15. The third-order valence-corrected chi connectivity index (χ3v) is 3.37. The molecular formula is C13H6ClF3N2S. The number of hydrogen-bond acceptors (Lipinski definition) is 1. The van der Waals surface area contributed by atoms with E-state index in [1.165, 1.54) is 6.07 Å². The summed E-state index contributed by atoms with van der Waals surface area (Å²) >= 11 is 11.0. The van der Waals surface area contributed by atoms with Gasteiger partial charge in [0.1, 0.15) is 11.5 Å². The maximum absolute atomic E-state index is 13.9. The largest absolute Gasteiger partial charge is 0.330 e. The number of hydrogen-bond donors (Lipinski definition) is 1. The number of nitrogens with zero attached hydrogens (tertiary/aromatic N) is 1. The second-order valence-corrected chi connectivity index (χ2v) is 4.97. The van der Waals surface area contributed by atoms with Crippen LogP contribution in [-0.4, -0.2) is 9.55 Å². The molecule has 0 saturated heterocycles. The van der Waals surface area contributed by atoms with Crippen LogP contribution in [0, 0.1) is 22.2 Å². The summed E-state index contributed by atoms with van der Waals surface area (Å²) in [5.41, 5.74) is 0.541. The number of fused-ring (bicyclic) bond motifs is 1. The summed E-state index contributed by atoms with van der Waals surface area (Å²) in [6, 6.07) is 5.98. The molecule has 0 bridgehead atoms. The third-order valence-electron chi connectivity index (χ3n) is 2.85. The van der Waals surface area contributed by atoms with Crippen molar-refractivity contribution in [2.75, 3.05) is 0 Å². The molecule has 1 heterocycles. The molecule has 2 aromatic carbocycles. The molecule has 0 saturated carbocycles. The number of aromatic nitrogens is 2. The number of nitrogens with one attached hydrogen (secondary N) is 1. The average Bonchev–Trinajstić information content (AvgIpc) is 2.65. The zero-order valence-electron chi connectivity index (χ0n) is 9.75.